The van der Waals surface area contributed by atoms with Crippen molar-refractivity contribution in [2.75, 3.05) is 0 Å². The molecule has 1 aliphatic heterocycles. The maximum atomic E-state index is 4.93. The first-order chi connectivity index (χ1) is 15.9. The van der Waals surface area contributed by atoms with E-state index in [4.69, 9.17) is 17.0 Å². The monoisotopic (exact) mass is 633 g/mol. The van der Waals surface area contributed by atoms with Crippen molar-refractivity contribution in [3.8, 4) is 0 Å². The Morgan fingerprint density at radius 3 is 1.75 bits per heavy atom. The second-order valence-corrected chi connectivity index (χ2v) is 23.0. The maximum absolute atomic E-state index is 4.93. The van der Waals surface area contributed by atoms with Gasteiger partial charge in [-0.1, -0.05) is 101 Å². The number of fused-ring (bicyclic) bond motifs is 4. The molecule has 0 aromatic heterocycles. The molecule has 210 valence electrons. The molecule has 4 aliphatic rings. The average molecular weight is 636 g/mol. The molecule has 36 heavy (non-hydrogen) atoms. The number of hydrogen-bond acceptors (Lipinski definition) is 1. The third-order valence-electron chi connectivity index (χ3n) is 11.2. The molecular formula is C30H60BCl2NSiZr. The van der Waals surface area contributed by atoms with Gasteiger partial charge < -0.3 is 19.7 Å². The van der Waals surface area contributed by atoms with Gasteiger partial charge in [0.15, 0.2) is 0 Å². The molecule has 6 heteroatoms. The van der Waals surface area contributed by atoms with Gasteiger partial charge in [-0.05, 0) is 76.7 Å². The Morgan fingerprint density at radius 2 is 1.28 bits per heavy atom. The third kappa shape index (κ3) is 6.60. The standard InChI is InChI=1S/C28H54BNSi.2CH3.2ClH.Zr/c1-17(2)23-16-24(18(3)4)28-26(23)29(30(19(5)6)20(7)8)25-15-21-13-11-12-14-22(21)27(25)31(28,9)10;;;;;/h17-28H,11-16H2,1-10H3;2*1H3;2*1H;/q;2*-1;;;+4/p-2. The van der Waals surface area contributed by atoms with Crippen LogP contribution in [0.25, 0.3) is 0 Å². The fourth-order valence-corrected chi connectivity index (χ4v) is 17.1. The van der Waals surface area contributed by atoms with Gasteiger partial charge >= 0.3 is 37.9 Å². The van der Waals surface area contributed by atoms with Gasteiger partial charge in [0, 0.05) is 0 Å². The third-order valence-corrected chi connectivity index (χ3v) is 16.3. The molecule has 1 heterocycles. The summed E-state index contributed by atoms with van der Waals surface area (Å²) in [5, 5.41) is 0. The predicted octanol–water partition coefficient (Wildman–Crippen LogP) is 10.7. The second kappa shape index (κ2) is 14.6. The first-order valence-corrected chi connectivity index (χ1v) is 24.1. The minimum atomic E-state index is -1.36. The van der Waals surface area contributed by atoms with Gasteiger partial charge in [-0.3, -0.25) is 0 Å². The molecule has 0 aromatic carbocycles. The SMILES string of the molecule is CC(C)C1CC(C(C)C)C2C1B(N(C(C)C)C(C)C)C1CC3CCCCC3C1[Si]2(C)C.[CH3-].[CH3-].[Cl][Zr+2][Cl]. The molecule has 8 unspecified atom stereocenters. The molecule has 8 atom stereocenters. The van der Waals surface area contributed by atoms with Gasteiger partial charge in [0.1, 0.15) is 0 Å². The van der Waals surface area contributed by atoms with E-state index in [0.717, 1.165) is 65.1 Å². The molecule has 3 aliphatic carbocycles. The minimum absolute atomic E-state index is 0. The fourth-order valence-electron chi connectivity index (χ4n) is 10.6. The van der Waals surface area contributed by atoms with Crippen LogP contribution in [-0.4, -0.2) is 31.8 Å². The van der Waals surface area contributed by atoms with Crippen molar-refractivity contribution in [2.45, 2.75) is 142 Å². The van der Waals surface area contributed by atoms with E-state index in [1.54, 1.807) is 19.3 Å². The molecule has 0 amide bonds. The quantitative estimate of drug-likeness (QED) is 0.215. The van der Waals surface area contributed by atoms with Gasteiger partial charge in [-0.2, -0.15) is 0 Å². The van der Waals surface area contributed by atoms with E-state index in [1.165, 1.54) is 19.3 Å². The molecular weight excluding hydrogens is 575 g/mol. The fraction of sp³-hybridized carbons (Fsp3) is 0.933. The normalized spacial score (nSPS) is 36.5. The van der Waals surface area contributed by atoms with Crippen molar-refractivity contribution in [3.63, 3.8) is 0 Å². The molecule has 1 nitrogen and oxygen atoms in total. The van der Waals surface area contributed by atoms with Crippen LogP contribution in [-0.2, 0) is 20.8 Å². The van der Waals surface area contributed by atoms with Gasteiger partial charge in [0.05, 0.1) is 8.07 Å². The van der Waals surface area contributed by atoms with Crippen molar-refractivity contribution in [2.24, 2.45) is 35.5 Å². The molecule has 4 fully saturated rings. The molecule has 0 aromatic rings. The number of halogens is 2. The first kappa shape index (κ1) is 35.7. The van der Waals surface area contributed by atoms with Crippen LogP contribution in [0.4, 0.5) is 0 Å². The zero-order chi connectivity index (χ0) is 25.5. The van der Waals surface area contributed by atoms with E-state index in [1.807, 2.05) is 0 Å². The van der Waals surface area contributed by atoms with Crippen LogP contribution in [0.3, 0.4) is 0 Å². The predicted molar refractivity (Wildman–Crippen MR) is 166 cm³/mol. The van der Waals surface area contributed by atoms with E-state index in [9.17, 15) is 0 Å². The summed E-state index contributed by atoms with van der Waals surface area (Å²) < 4.78 is 0. The average Bonchev–Trinajstić information content (AvgIpc) is 3.31. The zero-order valence-electron chi connectivity index (χ0n) is 26.0. The summed E-state index contributed by atoms with van der Waals surface area (Å²) in [6, 6.07) is 1.34. The van der Waals surface area contributed by atoms with Crippen LogP contribution >= 0.6 is 17.0 Å². The Morgan fingerprint density at radius 1 is 0.778 bits per heavy atom. The number of rotatable bonds is 5. The molecule has 0 bridgehead atoms. The topological polar surface area (TPSA) is 3.24 Å². The summed E-state index contributed by atoms with van der Waals surface area (Å²) >= 11 is -0.826. The van der Waals surface area contributed by atoms with Crippen LogP contribution in [0.2, 0.25) is 35.8 Å². The van der Waals surface area contributed by atoms with Crippen LogP contribution in [0.15, 0.2) is 0 Å². The Balaban J connectivity index is 0.00000123. The van der Waals surface area contributed by atoms with Crippen molar-refractivity contribution < 1.29 is 20.8 Å². The zero-order valence-corrected chi connectivity index (χ0v) is 30.9. The molecule has 0 radical (unpaired) electrons. The van der Waals surface area contributed by atoms with Crippen LogP contribution < -0.4 is 0 Å². The van der Waals surface area contributed by atoms with E-state index < -0.39 is 28.9 Å². The van der Waals surface area contributed by atoms with Crippen LogP contribution in [0.5, 0.6) is 0 Å². The summed E-state index contributed by atoms with van der Waals surface area (Å²) in [5.41, 5.74) is 2.14. The van der Waals surface area contributed by atoms with Crippen LogP contribution in [0, 0.1) is 50.4 Å². The Hall–Kier alpha value is 1.70. The Bertz CT molecular complexity index is 653. The Kier molecular flexibility index (Phi) is 14.4. The Labute approximate surface area is 248 Å². The number of hydrogen-bond donors (Lipinski definition) is 0. The van der Waals surface area contributed by atoms with E-state index in [-0.39, 0.29) is 14.9 Å². The van der Waals surface area contributed by atoms with Gasteiger partial charge in [0.2, 0.25) is 6.85 Å². The second-order valence-electron chi connectivity index (χ2n) is 14.3. The summed E-state index contributed by atoms with van der Waals surface area (Å²) in [5.74, 6) is 7.71. The molecule has 3 saturated carbocycles. The van der Waals surface area contributed by atoms with Gasteiger partial charge in [-0.25, -0.2) is 0 Å². The van der Waals surface area contributed by atoms with Crippen LogP contribution in [0.1, 0.15) is 93.9 Å². The van der Waals surface area contributed by atoms with Crippen molar-refractivity contribution in [1.29, 1.82) is 0 Å². The molecule has 0 spiro atoms. The summed E-state index contributed by atoms with van der Waals surface area (Å²) in [7, 11) is 8.51. The van der Waals surface area contributed by atoms with Crippen molar-refractivity contribution >= 4 is 31.9 Å². The summed E-state index contributed by atoms with van der Waals surface area (Å²) in [6.07, 6.45) is 9.25. The van der Waals surface area contributed by atoms with Gasteiger partial charge in [-0.15, -0.1) is 0 Å². The van der Waals surface area contributed by atoms with E-state index >= 15 is 0 Å². The first-order valence-electron chi connectivity index (χ1n) is 14.6. The van der Waals surface area contributed by atoms with Crippen molar-refractivity contribution in [1.82, 2.24) is 4.81 Å². The van der Waals surface area contributed by atoms with Gasteiger partial charge in [0.25, 0.3) is 0 Å². The summed E-state index contributed by atoms with van der Waals surface area (Å²) in [6.45, 7) is 26.9. The molecule has 4 rings (SSSR count). The van der Waals surface area contributed by atoms with Crippen molar-refractivity contribution in [3.05, 3.63) is 14.9 Å². The summed E-state index contributed by atoms with van der Waals surface area (Å²) in [4.78, 5) is 3.05. The molecule has 0 N–H and O–H groups in total. The number of nitrogens with zero attached hydrogens (tertiary/aromatic N) is 1. The molecule has 1 saturated heterocycles. The van der Waals surface area contributed by atoms with E-state index in [2.05, 4.69) is 73.3 Å². The van der Waals surface area contributed by atoms with E-state index in [0.29, 0.717) is 12.1 Å².